The SMILES string of the molecule is CC(C)(C)c1cc(C(O)c2cc(C(C)(C)C)cc(C(C)(C)C)c2OP(=O)(O)O)c(OP(=O)(O)O)c(C(C)(C)C)c1.CC(C)(C)c1cc(C(O)c2cc(C(C)(C)C)cc(C(C)(C)C)c2OP(=O)(O)O)c(OP(=O)(O)O)c(C(C)(C)C)c1.[Al]. The van der Waals surface area contributed by atoms with E-state index in [0.29, 0.717) is 22.3 Å². The summed E-state index contributed by atoms with van der Waals surface area (Å²) in [4.78, 5) is 78.8. The highest BCUT2D eigenvalue weighted by atomic mass is 31.2. The van der Waals surface area contributed by atoms with Crippen molar-refractivity contribution in [1.29, 1.82) is 0 Å². The van der Waals surface area contributed by atoms with E-state index in [1.165, 1.54) is 0 Å². The molecular weight excluding hydrogens is 1140 g/mol. The van der Waals surface area contributed by atoms with Crippen molar-refractivity contribution in [2.24, 2.45) is 0 Å². The lowest BCUT2D eigenvalue weighted by Crippen LogP contribution is -2.22. The molecule has 0 unspecified atom stereocenters. The number of phosphoric ester groups is 4. The predicted molar refractivity (Wildman–Crippen MR) is 320 cm³/mol. The Bertz CT molecular complexity index is 2690. The molecule has 0 aliphatic heterocycles. The van der Waals surface area contributed by atoms with Gasteiger partial charge in [-0.25, -0.2) is 18.3 Å². The van der Waals surface area contributed by atoms with E-state index in [0.717, 1.165) is 22.3 Å². The molecule has 0 aromatic heterocycles. The zero-order valence-electron chi connectivity index (χ0n) is 51.9. The Hall–Kier alpha value is -2.87. The van der Waals surface area contributed by atoms with Crippen molar-refractivity contribution in [2.45, 2.75) is 222 Å². The van der Waals surface area contributed by atoms with E-state index in [1.807, 2.05) is 166 Å². The third kappa shape index (κ3) is 20.7. The number of rotatable bonds is 12. The Balaban J connectivity index is 0.000000547. The average Bonchev–Trinajstić information content (AvgIpc) is 3.18. The van der Waals surface area contributed by atoms with Crippen LogP contribution in [0.25, 0.3) is 0 Å². The molecule has 0 saturated carbocycles. The number of aliphatic hydroxyl groups excluding tert-OH is 2. The standard InChI is InChI=1S/2C29H46O9P2.Al/c2*1-26(2,3)17-13-19(24(37-39(31,32)33)21(15-17)28(7,8)9)23(30)20-14-18(27(4,5)6)16-22(29(10,11)12)25(20)38-40(34,35)36;/h2*13-16,23,30H,1-12H3,(H2,31,32,33)(H2,34,35,36);. The lowest BCUT2D eigenvalue weighted by Gasteiger charge is -2.33. The van der Waals surface area contributed by atoms with Gasteiger partial charge in [0.2, 0.25) is 0 Å². The van der Waals surface area contributed by atoms with Crippen molar-refractivity contribution in [2.75, 3.05) is 0 Å². The van der Waals surface area contributed by atoms with Crippen LogP contribution in [0.5, 0.6) is 23.0 Å². The van der Waals surface area contributed by atoms with Crippen molar-refractivity contribution in [3.63, 3.8) is 0 Å². The van der Waals surface area contributed by atoms with Crippen LogP contribution in [0, 0.1) is 0 Å². The topological polar surface area (TPSA) is 308 Å². The van der Waals surface area contributed by atoms with E-state index in [4.69, 9.17) is 18.1 Å². The first-order valence-corrected chi connectivity index (χ1v) is 32.3. The van der Waals surface area contributed by atoms with Gasteiger partial charge in [-0.3, -0.25) is 39.1 Å². The molecule has 0 amide bonds. The molecule has 0 atom stereocenters. The highest BCUT2D eigenvalue weighted by molar-refractivity contribution is 7.47. The maximum atomic E-state index is 12.2. The molecular formula is C58H92AlO18P4. The first-order chi connectivity index (χ1) is 35.0. The summed E-state index contributed by atoms with van der Waals surface area (Å²) in [6.07, 6.45) is -3.26. The van der Waals surface area contributed by atoms with Crippen LogP contribution < -0.4 is 18.1 Å². The normalized spacial score (nSPS) is 13.9. The third-order valence-electron chi connectivity index (χ3n) is 13.2. The van der Waals surface area contributed by atoms with Crippen molar-refractivity contribution < 1.29 is 85.7 Å². The fourth-order valence-corrected chi connectivity index (χ4v) is 10.4. The number of benzene rings is 4. The second-order valence-corrected chi connectivity index (χ2v) is 33.6. The fraction of sp³-hybridized carbons (Fsp3) is 0.586. The average molecular weight is 1230 g/mol. The molecule has 0 aliphatic carbocycles. The van der Waals surface area contributed by atoms with Crippen LogP contribution in [-0.4, -0.2) is 66.7 Å². The number of aliphatic hydroxyl groups is 2. The van der Waals surface area contributed by atoms with E-state index < -0.39 is 86.8 Å². The van der Waals surface area contributed by atoms with Gasteiger partial charge >= 0.3 is 31.3 Å². The summed E-state index contributed by atoms with van der Waals surface area (Å²) in [7, 11) is -20.3. The highest BCUT2D eigenvalue weighted by Gasteiger charge is 2.39. The minimum Gasteiger partial charge on any atom is -0.404 e. The van der Waals surface area contributed by atoms with Gasteiger partial charge in [-0.2, -0.15) is 0 Å². The van der Waals surface area contributed by atoms with E-state index in [9.17, 15) is 67.6 Å². The van der Waals surface area contributed by atoms with Gasteiger partial charge < -0.3 is 28.3 Å². The Labute approximate surface area is 491 Å². The van der Waals surface area contributed by atoms with E-state index >= 15 is 0 Å². The zero-order chi connectivity index (χ0) is 62.9. The van der Waals surface area contributed by atoms with Crippen molar-refractivity contribution in [3.05, 3.63) is 115 Å². The lowest BCUT2D eigenvalue weighted by molar-refractivity contribution is 0.206. The molecule has 0 saturated heterocycles. The smallest absolute Gasteiger partial charge is 0.404 e. The summed E-state index contributed by atoms with van der Waals surface area (Å²) in [5.41, 5.74) is 0.738. The summed E-state index contributed by atoms with van der Waals surface area (Å²) in [5, 5.41) is 24.1. The molecule has 0 spiro atoms. The van der Waals surface area contributed by atoms with Gasteiger partial charge in [0.25, 0.3) is 0 Å². The molecule has 23 heteroatoms. The summed E-state index contributed by atoms with van der Waals surface area (Å²) >= 11 is 0. The minimum atomic E-state index is -5.08. The first kappa shape index (κ1) is 74.2. The Kier molecular flexibility index (Phi) is 22.4. The lowest BCUT2D eigenvalue weighted by atomic mass is 9.76. The van der Waals surface area contributed by atoms with Crippen LogP contribution in [0.4, 0.5) is 0 Å². The second-order valence-electron chi connectivity index (χ2n) is 28.9. The minimum absolute atomic E-state index is 0. The van der Waals surface area contributed by atoms with Gasteiger partial charge in [-0.05, 0) is 89.8 Å². The Morgan fingerprint density at radius 2 is 0.420 bits per heavy atom. The van der Waals surface area contributed by atoms with Gasteiger partial charge in [-0.1, -0.05) is 190 Å². The molecule has 4 rings (SSSR count). The number of hydrogen-bond donors (Lipinski definition) is 10. The molecule has 3 radical (unpaired) electrons. The molecule has 18 nitrogen and oxygen atoms in total. The van der Waals surface area contributed by atoms with Crippen LogP contribution in [0.1, 0.15) is 245 Å². The van der Waals surface area contributed by atoms with Crippen molar-refractivity contribution in [1.82, 2.24) is 0 Å². The van der Waals surface area contributed by atoms with Gasteiger partial charge in [0.15, 0.2) is 0 Å². The third-order valence-corrected chi connectivity index (χ3v) is 14.9. The van der Waals surface area contributed by atoms with Gasteiger partial charge in [0.1, 0.15) is 35.2 Å². The van der Waals surface area contributed by atoms with Gasteiger partial charge in [0.05, 0.1) is 0 Å². The Morgan fingerprint density at radius 3 is 0.519 bits per heavy atom. The molecule has 0 heterocycles. The highest BCUT2D eigenvalue weighted by Crippen LogP contribution is 2.55. The number of hydrogen-bond acceptors (Lipinski definition) is 10. The summed E-state index contributed by atoms with van der Waals surface area (Å²) in [6, 6.07) is 13.7. The summed E-state index contributed by atoms with van der Waals surface area (Å²) in [6.45, 7) is 45.9. The van der Waals surface area contributed by atoms with Crippen LogP contribution in [-0.2, 0) is 61.6 Å². The van der Waals surface area contributed by atoms with Crippen LogP contribution in [0.15, 0.2) is 48.5 Å². The zero-order valence-corrected chi connectivity index (χ0v) is 56.6. The maximum Gasteiger partial charge on any atom is 0.524 e. The van der Waals surface area contributed by atoms with E-state index in [-0.39, 0.29) is 62.6 Å². The first-order valence-electron chi connectivity index (χ1n) is 26.2. The second kappa shape index (κ2) is 24.5. The largest absolute Gasteiger partial charge is 0.524 e. The molecule has 0 fully saturated rings. The molecule has 455 valence electrons. The molecule has 4 aromatic rings. The molecule has 10 N–H and O–H groups in total. The molecule has 81 heavy (non-hydrogen) atoms. The summed E-state index contributed by atoms with van der Waals surface area (Å²) < 4.78 is 69.6. The predicted octanol–water partition coefficient (Wildman–Crippen LogP) is 13.4. The van der Waals surface area contributed by atoms with Crippen molar-refractivity contribution in [3.8, 4) is 23.0 Å². The molecule has 0 bridgehead atoms. The van der Waals surface area contributed by atoms with Crippen LogP contribution >= 0.6 is 31.3 Å². The van der Waals surface area contributed by atoms with Gasteiger partial charge in [0, 0.05) is 61.9 Å². The molecule has 4 aromatic carbocycles. The monoisotopic (exact) mass is 1230 g/mol. The maximum absolute atomic E-state index is 12.2. The van der Waals surface area contributed by atoms with E-state index in [1.54, 1.807) is 48.5 Å². The summed E-state index contributed by atoms with van der Waals surface area (Å²) in [5.74, 6) is -0.771. The van der Waals surface area contributed by atoms with Crippen molar-refractivity contribution >= 4 is 48.7 Å². The van der Waals surface area contributed by atoms with Gasteiger partial charge in [-0.15, -0.1) is 0 Å². The van der Waals surface area contributed by atoms with Crippen LogP contribution in [0.3, 0.4) is 0 Å². The Morgan fingerprint density at radius 1 is 0.284 bits per heavy atom. The molecule has 0 aliphatic rings. The number of phosphoric acid groups is 4. The van der Waals surface area contributed by atoms with Crippen LogP contribution in [0.2, 0.25) is 0 Å². The fourth-order valence-electron chi connectivity index (χ4n) is 8.60. The quantitative estimate of drug-likeness (QED) is 0.0465. The van der Waals surface area contributed by atoms with E-state index in [2.05, 4.69) is 0 Å².